The third-order valence-electron chi connectivity index (χ3n) is 5.66. The lowest BCUT2D eigenvalue weighted by atomic mass is 10.1. The van der Waals surface area contributed by atoms with Crippen LogP contribution in [-0.4, -0.2) is 40.6 Å². The van der Waals surface area contributed by atoms with E-state index in [-0.39, 0.29) is 11.9 Å². The number of likely N-dealkylation sites (N-methyl/N-ethyl adjacent to an activating group) is 1. The van der Waals surface area contributed by atoms with Gasteiger partial charge in [0.2, 0.25) is 11.8 Å². The molecule has 2 aromatic carbocycles. The van der Waals surface area contributed by atoms with Gasteiger partial charge in [-0.1, -0.05) is 31.5 Å². The molecule has 0 bridgehead atoms. The normalized spacial score (nSPS) is 12.1. The lowest BCUT2D eigenvalue weighted by Gasteiger charge is -2.28. The Kier molecular flexibility index (Phi) is 7.00. The molecular weight excluding hydrogens is 416 g/mol. The zero-order chi connectivity index (χ0) is 23.2. The number of nitrogens with zero attached hydrogens (tertiary/aromatic N) is 3. The fourth-order valence-corrected chi connectivity index (χ4v) is 3.85. The largest absolute Gasteiger partial charge is 0.468 e. The van der Waals surface area contributed by atoms with E-state index in [4.69, 9.17) is 8.83 Å². The number of furan rings is 1. The van der Waals surface area contributed by atoms with Gasteiger partial charge in [-0.2, -0.15) is 0 Å². The highest BCUT2D eigenvalue weighted by molar-refractivity contribution is 5.94. The minimum absolute atomic E-state index is 0.0170. The van der Waals surface area contributed by atoms with E-state index >= 15 is 0 Å². The van der Waals surface area contributed by atoms with Gasteiger partial charge in [-0.05, 0) is 68.5 Å². The lowest BCUT2D eigenvalue weighted by molar-refractivity contribution is 0.0929. The van der Waals surface area contributed by atoms with E-state index in [1.54, 1.807) is 18.4 Å². The van der Waals surface area contributed by atoms with Crippen LogP contribution in [0.1, 0.15) is 41.6 Å². The number of carbonyl (C=O) groups is 1. The fourth-order valence-electron chi connectivity index (χ4n) is 3.85. The van der Waals surface area contributed by atoms with Gasteiger partial charge in [0.15, 0.2) is 0 Å². The van der Waals surface area contributed by atoms with E-state index in [1.807, 2.05) is 55.5 Å². The number of benzene rings is 2. The highest BCUT2D eigenvalue weighted by Crippen LogP contribution is 2.25. The Morgan fingerprint density at radius 2 is 1.70 bits per heavy atom. The molecule has 0 radical (unpaired) electrons. The molecule has 0 aliphatic carbocycles. The van der Waals surface area contributed by atoms with E-state index < -0.39 is 0 Å². The van der Waals surface area contributed by atoms with E-state index in [0.29, 0.717) is 23.9 Å². The Bertz CT molecular complexity index is 1180. The zero-order valence-corrected chi connectivity index (χ0v) is 19.1. The molecule has 170 valence electrons. The van der Waals surface area contributed by atoms with E-state index in [1.165, 1.54) is 0 Å². The molecule has 2 heterocycles. The smallest absolute Gasteiger partial charge is 0.251 e. The predicted molar refractivity (Wildman–Crippen MR) is 127 cm³/mol. The molecule has 0 saturated heterocycles. The number of hydrogen-bond acceptors (Lipinski definition) is 6. The van der Waals surface area contributed by atoms with Gasteiger partial charge >= 0.3 is 0 Å². The summed E-state index contributed by atoms with van der Waals surface area (Å²) in [6.45, 7) is 8.40. The molecule has 0 spiro atoms. The maximum atomic E-state index is 12.8. The van der Waals surface area contributed by atoms with Crippen molar-refractivity contribution in [3.8, 4) is 22.9 Å². The van der Waals surface area contributed by atoms with Crippen LogP contribution in [0.15, 0.2) is 75.8 Å². The fraction of sp³-hybridized carbons (Fsp3) is 0.269. The Morgan fingerprint density at radius 1 is 0.970 bits per heavy atom. The van der Waals surface area contributed by atoms with Crippen molar-refractivity contribution in [3.05, 3.63) is 83.8 Å². The summed E-state index contributed by atoms with van der Waals surface area (Å²) in [5.74, 6) is 1.58. The minimum atomic E-state index is -0.142. The van der Waals surface area contributed by atoms with Crippen molar-refractivity contribution in [1.29, 1.82) is 0 Å². The van der Waals surface area contributed by atoms with Crippen molar-refractivity contribution in [1.82, 2.24) is 20.4 Å². The van der Waals surface area contributed by atoms with Gasteiger partial charge < -0.3 is 14.2 Å². The number of nitrogens with one attached hydrogen (secondary N) is 1. The average Bonchev–Trinajstić information content (AvgIpc) is 3.54. The first-order chi connectivity index (χ1) is 16.1. The molecule has 1 N–H and O–H groups in total. The van der Waals surface area contributed by atoms with Gasteiger partial charge in [-0.3, -0.25) is 9.69 Å². The van der Waals surface area contributed by atoms with Crippen molar-refractivity contribution >= 4 is 5.91 Å². The van der Waals surface area contributed by atoms with E-state index in [2.05, 4.69) is 34.3 Å². The maximum absolute atomic E-state index is 12.8. The van der Waals surface area contributed by atoms with Crippen LogP contribution < -0.4 is 5.32 Å². The van der Waals surface area contributed by atoms with Gasteiger partial charge in [0.05, 0.1) is 12.3 Å². The highest BCUT2D eigenvalue weighted by atomic mass is 16.4. The summed E-state index contributed by atoms with van der Waals surface area (Å²) in [4.78, 5) is 15.0. The SMILES string of the molecule is CCN(CC)C(CNC(=O)c1ccc(-c2nnc(-c3cccc(C)c3)o2)cc1)c1ccco1. The van der Waals surface area contributed by atoms with Crippen LogP contribution in [0, 0.1) is 6.92 Å². The summed E-state index contributed by atoms with van der Waals surface area (Å²) >= 11 is 0. The number of carbonyl (C=O) groups excluding carboxylic acids is 1. The van der Waals surface area contributed by atoms with Crippen molar-refractivity contribution in [2.75, 3.05) is 19.6 Å². The molecule has 7 nitrogen and oxygen atoms in total. The summed E-state index contributed by atoms with van der Waals surface area (Å²) in [7, 11) is 0. The minimum Gasteiger partial charge on any atom is -0.468 e. The molecule has 1 amide bonds. The van der Waals surface area contributed by atoms with Crippen LogP contribution >= 0.6 is 0 Å². The number of rotatable bonds is 9. The Morgan fingerprint density at radius 3 is 2.33 bits per heavy atom. The first kappa shape index (κ1) is 22.5. The number of amides is 1. The van der Waals surface area contributed by atoms with Gasteiger partial charge in [0, 0.05) is 23.2 Å². The third kappa shape index (κ3) is 5.21. The molecular formula is C26H28N4O3. The summed E-state index contributed by atoms with van der Waals surface area (Å²) in [5, 5.41) is 11.4. The molecule has 7 heteroatoms. The zero-order valence-electron chi connectivity index (χ0n) is 19.1. The quantitative estimate of drug-likeness (QED) is 0.386. The molecule has 33 heavy (non-hydrogen) atoms. The first-order valence-electron chi connectivity index (χ1n) is 11.2. The van der Waals surface area contributed by atoms with Crippen LogP contribution in [-0.2, 0) is 0 Å². The Hall–Kier alpha value is -3.71. The molecule has 0 aliphatic rings. The van der Waals surface area contributed by atoms with Crippen molar-refractivity contribution in [2.24, 2.45) is 0 Å². The average molecular weight is 445 g/mol. The van der Waals surface area contributed by atoms with Crippen LogP contribution in [0.5, 0.6) is 0 Å². The summed E-state index contributed by atoms with van der Waals surface area (Å²) in [5.41, 5.74) is 3.33. The second-order valence-corrected chi connectivity index (χ2v) is 7.82. The molecule has 0 fully saturated rings. The standard InChI is InChI=1S/C26H28N4O3/c1-4-30(5-2)22(23-10-7-15-32-23)17-27-24(31)19-11-13-20(14-12-19)25-28-29-26(33-25)21-9-6-8-18(3)16-21/h6-16,22H,4-5,17H2,1-3H3,(H,27,31). The second kappa shape index (κ2) is 10.3. The van der Waals surface area contributed by atoms with Gasteiger partial charge in [0.25, 0.3) is 5.91 Å². The van der Waals surface area contributed by atoms with Crippen molar-refractivity contribution < 1.29 is 13.6 Å². The molecule has 4 aromatic rings. The molecule has 1 unspecified atom stereocenters. The van der Waals surface area contributed by atoms with Crippen LogP contribution in [0.2, 0.25) is 0 Å². The monoisotopic (exact) mass is 444 g/mol. The topological polar surface area (TPSA) is 84.4 Å². The van der Waals surface area contributed by atoms with Crippen molar-refractivity contribution in [2.45, 2.75) is 26.8 Å². The van der Waals surface area contributed by atoms with Crippen LogP contribution in [0.3, 0.4) is 0 Å². The number of aromatic nitrogens is 2. The van der Waals surface area contributed by atoms with Crippen LogP contribution in [0.25, 0.3) is 22.9 Å². The van der Waals surface area contributed by atoms with Gasteiger partial charge in [-0.15, -0.1) is 10.2 Å². The Balaban J connectivity index is 1.43. The maximum Gasteiger partial charge on any atom is 0.251 e. The summed E-state index contributed by atoms with van der Waals surface area (Å²) in [6, 6.07) is 18.9. The van der Waals surface area contributed by atoms with Gasteiger partial charge in [0.1, 0.15) is 5.76 Å². The first-order valence-corrected chi connectivity index (χ1v) is 11.2. The van der Waals surface area contributed by atoms with Crippen LogP contribution in [0.4, 0.5) is 0 Å². The molecule has 0 saturated carbocycles. The van der Waals surface area contributed by atoms with E-state index in [9.17, 15) is 4.79 Å². The number of aryl methyl sites for hydroxylation is 1. The summed E-state index contributed by atoms with van der Waals surface area (Å²) in [6.07, 6.45) is 1.66. The molecule has 1 atom stereocenters. The van der Waals surface area contributed by atoms with E-state index in [0.717, 1.165) is 35.5 Å². The molecule has 2 aromatic heterocycles. The molecule has 0 aliphatic heterocycles. The highest BCUT2D eigenvalue weighted by Gasteiger charge is 2.21. The number of hydrogen-bond donors (Lipinski definition) is 1. The third-order valence-corrected chi connectivity index (χ3v) is 5.66. The Labute approximate surface area is 193 Å². The second-order valence-electron chi connectivity index (χ2n) is 7.82. The van der Waals surface area contributed by atoms with Gasteiger partial charge in [-0.25, -0.2) is 0 Å². The predicted octanol–water partition coefficient (Wildman–Crippen LogP) is 5.12. The summed E-state index contributed by atoms with van der Waals surface area (Å²) < 4.78 is 11.5. The van der Waals surface area contributed by atoms with Crippen molar-refractivity contribution in [3.63, 3.8) is 0 Å². The lowest BCUT2D eigenvalue weighted by Crippen LogP contribution is -2.37. The molecule has 4 rings (SSSR count).